The SMILES string of the molecule is COc1cc(N2CCC3(CCN(C(=O)c4ccc(C5CC(Nc6cnn(C)c(=O)c6Br)CN(C)C5)cc4)CC3)CC2)c(F)cc1C1CCC(=O)NC1=O. The van der Waals surface area contributed by atoms with E-state index >= 15 is 4.39 Å². The number of halogens is 2. The normalized spacial score (nSPS) is 23.5. The molecule has 53 heavy (non-hydrogen) atoms. The lowest BCUT2D eigenvalue weighted by Crippen LogP contribution is -2.48. The Morgan fingerprint density at radius 1 is 1.02 bits per heavy atom. The molecule has 3 amide bonds. The lowest BCUT2D eigenvalue weighted by atomic mass is 9.71. The molecule has 0 saturated carbocycles. The van der Waals surface area contributed by atoms with E-state index in [1.54, 1.807) is 19.3 Å². The predicted molar refractivity (Wildman–Crippen MR) is 203 cm³/mol. The zero-order valence-corrected chi connectivity index (χ0v) is 32.1. The first-order valence-electron chi connectivity index (χ1n) is 18.5. The average Bonchev–Trinajstić information content (AvgIpc) is 3.15. The summed E-state index contributed by atoms with van der Waals surface area (Å²) in [5.41, 5.74) is 3.42. The van der Waals surface area contributed by atoms with Gasteiger partial charge >= 0.3 is 0 Å². The number of carbonyl (C=O) groups excluding carboxylic acids is 3. The molecule has 4 aliphatic heterocycles. The lowest BCUT2D eigenvalue weighted by Gasteiger charge is -2.47. The Bertz CT molecular complexity index is 1940. The Kier molecular flexibility index (Phi) is 10.6. The van der Waals surface area contributed by atoms with Crippen molar-refractivity contribution in [3.05, 3.63) is 79.9 Å². The molecule has 3 aromatic rings. The number of ether oxygens (including phenoxy) is 1. The maximum Gasteiger partial charge on any atom is 0.282 e. The van der Waals surface area contributed by atoms with Crippen LogP contribution in [0.2, 0.25) is 0 Å². The molecular weight excluding hydrogens is 745 g/mol. The molecule has 1 aromatic heterocycles. The van der Waals surface area contributed by atoms with Crippen molar-refractivity contribution in [3.63, 3.8) is 0 Å². The first-order valence-corrected chi connectivity index (χ1v) is 19.2. The molecule has 282 valence electrons. The molecule has 0 radical (unpaired) electrons. The van der Waals surface area contributed by atoms with Crippen LogP contribution >= 0.6 is 15.9 Å². The van der Waals surface area contributed by atoms with Crippen LogP contribution in [0, 0.1) is 11.2 Å². The zero-order valence-electron chi connectivity index (χ0n) is 30.5. The predicted octanol–water partition coefficient (Wildman–Crippen LogP) is 4.63. The Morgan fingerprint density at radius 2 is 1.72 bits per heavy atom. The van der Waals surface area contributed by atoms with Gasteiger partial charge in [-0.3, -0.25) is 24.5 Å². The van der Waals surface area contributed by atoms with Gasteiger partial charge in [0.05, 0.1) is 30.6 Å². The van der Waals surface area contributed by atoms with Gasteiger partial charge in [0.25, 0.3) is 11.5 Å². The topological polar surface area (TPSA) is 129 Å². The number of amides is 3. The molecule has 2 N–H and O–H groups in total. The standard InChI is InChI=1S/C39H47BrFN7O5/c1-45-22-26(18-27(23-45)43-31-21-42-46(2)38(52)35(31)40)24-4-6-25(7-5-24)37(51)48-16-12-39(13-17-48)10-14-47(15-11-39)32-20-33(53-3)29(19-30(32)41)28-8-9-34(49)44-36(28)50/h4-7,19-21,26-28,43H,8-18,22-23H2,1-3H3,(H,44,49,50). The number of methoxy groups -OCH3 is 1. The van der Waals surface area contributed by atoms with Crippen LogP contribution in [0.5, 0.6) is 5.75 Å². The van der Waals surface area contributed by atoms with Crippen LogP contribution in [0.1, 0.15) is 78.3 Å². The van der Waals surface area contributed by atoms with E-state index in [0.29, 0.717) is 65.3 Å². The minimum Gasteiger partial charge on any atom is -0.496 e. The van der Waals surface area contributed by atoms with Gasteiger partial charge in [0.1, 0.15) is 16.0 Å². The number of nitrogens with zero attached hydrogens (tertiary/aromatic N) is 5. The van der Waals surface area contributed by atoms with Crippen molar-refractivity contribution in [1.29, 1.82) is 0 Å². The van der Waals surface area contributed by atoms with Gasteiger partial charge in [-0.25, -0.2) is 9.07 Å². The first kappa shape index (κ1) is 37.0. The molecule has 7 rings (SSSR count). The van der Waals surface area contributed by atoms with Crippen LogP contribution in [0.25, 0.3) is 0 Å². The van der Waals surface area contributed by atoms with E-state index in [9.17, 15) is 19.2 Å². The molecule has 4 aliphatic rings. The van der Waals surface area contributed by atoms with E-state index in [2.05, 4.69) is 60.6 Å². The smallest absolute Gasteiger partial charge is 0.282 e. The maximum absolute atomic E-state index is 15.6. The molecule has 5 heterocycles. The van der Waals surface area contributed by atoms with Crippen LogP contribution in [0.15, 0.2) is 51.9 Å². The molecule has 2 aromatic carbocycles. The summed E-state index contributed by atoms with van der Waals surface area (Å²) < 4.78 is 22.9. The van der Waals surface area contributed by atoms with Gasteiger partial charge in [-0.15, -0.1) is 0 Å². The quantitative estimate of drug-likeness (QED) is 0.329. The van der Waals surface area contributed by atoms with Crippen molar-refractivity contribution in [2.75, 3.05) is 63.6 Å². The van der Waals surface area contributed by atoms with E-state index in [1.165, 1.54) is 23.4 Å². The van der Waals surface area contributed by atoms with E-state index in [4.69, 9.17) is 4.74 Å². The molecule has 0 bridgehead atoms. The number of anilines is 2. The first-order chi connectivity index (χ1) is 25.4. The maximum atomic E-state index is 15.6. The van der Waals surface area contributed by atoms with Crippen molar-refractivity contribution in [2.24, 2.45) is 12.5 Å². The van der Waals surface area contributed by atoms with Gasteiger partial charge in [0.2, 0.25) is 11.8 Å². The Morgan fingerprint density at radius 3 is 2.40 bits per heavy atom. The van der Waals surface area contributed by atoms with Gasteiger partial charge in [-0.1, -0.05) is 12.1 Å². The van der Waals surface area contributed by atoms with E-state index < -0.39 is 17.6 Å². The molecule has 14 heteroatoms. The molecule has 3 atom stereocenters. The molecule has 4 saturated heterocycles. The Labute approximate surface area is 317 Å². The number of piperidine rings is 4. The zero-order chi connectivity index (χ0) is 37.4. The molecule has 0 aliphatic carbocycles. The highest BCUT2D eigenvalue weighted by atomic mass is 79.9. The van der Waals surface area contributed by atoms with Gasteiger partial charge in [-0.05, 0) is 96.6 Å². The van der Waals surface area contributed by atoms with Crippen molar-refractivity contribution in [2.45, 2.75) is 62.8 Å². The van der Waals surface area contributed by atoms with Gasteiger partial charge in [0, 0.05) is 76.0 Å². The van der Waals surface area contributed by atoms with Crippen molar-refractivity contribution < 1.29 is 23.5 Å². The van der Waals surface area contributed by atoms with Gasteiger partial charge in [-0.2, -0.15) is 5.10 Å². The van der Waals surface area contributed by atoms with E-state index in [0.717, 1.165) is 45.2 Å². The number of benzene rings is 2. The molecule has 3 unspecified atom stereocenters. The molecular formula is C39H47BrFN7O5. The average molecular weight is 793 g/mol. The van der Waals surface area contributed by atoms with Crippen LogP contribution < -0.4 is 25.8 Å². The number of imide groups is 1. The van der Waals surface area contributed by atoms with Crippen LogP contribution in [0.4, 0.5) is 15.8 Å². The summed E-state index contributed by atoms with van der Waals surface area (Å²) in [6, 6.07) is 11.3. The highest BCUT2D eigenvalue weighted by molar-refractivity contribution is 9.10. The number of likely N-dealkylation sites (N-methyl/N-ethyl adjacent to an activating group) is 1. The monoisotopic (exact) mass is 791 g/mol. The number of aryl methyl sites for hydroxylation is 1. The second kappa shape index (κ2) is 15.2. The summed E-state index contributed by atoms with van der Waals surface area (Å²) in [4.78, 5) is 56.4. The number of hydrogen-bond donors (Lipinski definition) is 2. The summed E-state index contributed by atoms with van der Waals surface area (Å²) in [7, 11) is 5.24. The number of hydrogen-bond acceptors (Lipinski definition) is 9. The van der Waals surface area contributed by atoms with E-state index in [-0.39, 0.29) is 41.2 Å². The second-order valence-electron chi connectivity index (χ2n) is 15.2. The van der Waals surface area contributed by atoms with Crippen molar-refractivity contribution in [1.82, 2.24) is 24.9 Å². The minimum absolute atomic E-state index is 0.0532. The summed E-state index contributed by atoms with van der Waals surface area (Å²) in [5.74, 6) is -0.984. The molecule has 4 fully saturated rings. The third kappa shape index (κ3) is 7.71. The van der Waals surface area contributed by atoms with Gasteiger partial charge < -0.3 is 24.8 Å². The Balaban J connectivity index is 0.930. The third-order valence-corrected chi connectivity index (χ3v) is 12.7. The number of carbonyl (C=O) groups is 3. The van der Waals surface area contributed by atoms with Gasteiger partial charge in [0.15, 0.2) is 0 Å². The number of rotatable bonds is 7. The number of nitrogens with one attached hydrogen (secondary N) is 2. The van der Waals surface area contributed by atoms with Crippen LogP contribution in [-0.4, -0.2) is 96.8 Å². The Hall–Kier alpha value is -4.30. The highest BCUT2D eigenvalue weighted by Crippen LogP contribution is 2.44. The number of likely N-dealkylation sites (tertiary alicyclic amines) is 2. The van der Waals surface area contributed by atoms with Crippen molar-refractivity contribution >= 4 is 45.0 Å². The summed E-state index contributed by atoms with van der Waals surface area (Å²) >= 11 is 3.42. The second-order valence-corrected chi connectivity index (χ2v) is 16.0. The fraction of sp³-hybridized carbons (Fsp3) is 0.513. The van der Waals surface area contributed by atoms with Crippen molar-refractivity contribution in [3.8, 4) is 5.75 Å². The lowest BCUT2D eigenvalue weighted by molar-refractivity contribution is -0.134. The molecule has 12 nitrogen and oxygen atoms in total. The van der Waals surface area contributed by atoms with Crippen LogP contribution in [0.3, 0.4) is 0 Å². The minimum atomic E-state index is -0.628. The fourth-order valence-electron chi connectivity index (χ4n) is 8.72. The van der Waals surface area contributed by atoms with E-state index in [1.807, 2.05) is 17.0 Å². The third-order valence-electron chi connectivity index (χ3n) is 11.9. The summed E-state index contributed by atoms with van der Waals surface area (Å²) in [6.45, 7) is 4.51. The molecule has 1 spiro atoms. The number of aromatic nitrogens is 2. The summed E-state index contributed by atoms with van der Waals surface area (Å²) in [5, 5.41) is 10.0. The fourth-order valence-corrected chi connectivity index (χ4v) is 9.20. The summed E-state index contributed by atoms with van der Waals surface area (Å²) in [6.07, 6.45) is 6.72. The van der Waals surface area contributed by atoms with Crippen LogP contribution in [-0.2, 0) is 16.6 Å². The highest BCUT2D eigenvalue weighted by Gasteiger charge is 2.40. The largest absolute Gasteiger partial charge is 0.496 e.